The number of nitrogens with zero attached hydrogens (tertiary/aromatic N) is 3. The molecule has 0 saturated carbocycles. The lowest BCUT2D eigenvalue weighted by atomic mass is 10.1. The second-order valence-corrected chi connectivity index (χ2v) is 5.07. The first-order chi connectivity index (χ1) is 9.16. The maximum atomic E-state index is 12.1. The quantitative estimate of drug-likeness (QED) is 0.859. The highest BCUT2D eigenvalue weighted by molar-refractivity contribution is 5.78. The summed E-state index contributed by atoms with van der Waals surface area (Å²) in [7, 11) is 2.09. The first-order valence-corrected chi connectivity index (χ1v) is 6.76. The first kappa shape index (κ1) is 14.0. The summed E-state index contributed by atoms with van der Waals surface area (Å²) in [5, 5.41) is 3.26. The second kappa shape index (κ2) is 6.63. The van der Waals surface area contributed by atoms with Crippen molar-refractivity contribution < 1.29 is 4.79 Å². The van der Waals surface area contributed by atoms with Crippen LogP contribution in [0.5, 0.6) is 0 Å². The van der Waals surface area contributed by atoms with Gasteiger partial charge in [-0.2, -0.15) is 0 Å². The largest absolute Gasteiger partial charge is 0.339 e. The highest BCUT2D eigenvalue weighted by Crippen LogP contribution is 2.09. The van der Waals surface area contributed by atoms with Crippen LogP contribution < -0.4 is 5.32 Å². The molecule has 0 unspecified atom stereocenters. The number of piperazine rings is 1. The molecule has 1 atom stereocenters. The maximum absolute atomic E-state index is 12.1. The lowest BCUT2D eigenvalue weighted by Gasteiger charge is -2.32. The fourth-order valence-electron chi connectivity index (χ4n) is 2.16. The number of carbonyl (C=O) groups excluding carboxylic acids is 1. The fourth-order valence-corrected chi connectivity index (χ4v) is 2.16. The van der Waals surface area contributed by atoms with E-state index in [2.05, 4.69) is 22.2 Å². The number of carbonyl (C=O) groups is 1. The molecule has 2 rings (SSSR count). The molecule has 1 amide bonds. The van der Waals surface area contributed by atoms with E-state index in [0.717, 1.165) is 31.7 Å². The Balaban J connectivity index is 1.77. The molecule has 19 heavy (non-hydrogen) atoms. The monoisotopic (exact) mass is 262 g/mol. The van der Waals surface area contributed by atoms with Crippen molar-refractivity contribution in [3.05, 3.63) is 30.1 Å². The third-order valence-corrected chi connectivity index (χ3v) is 3.60. The van der Waals surface area contributed by atoms with Gasteiger partial charge >= 0.3 is 0 Å². The van der Waals surface area contributed by atoms with E-state index in [-0.39, 0.29) is 11.9 Å². The number of likely N-dealkylation sites (N-methyl/N-ethyl adjacent to an activating group) is 1. The van der Waals surface area contributed by atoms with Crippen molar-refractivity contribution in [3.8, 4) is 0 Å². The number of nitrogens with one attached hydrogen (secondary N) is 1. The molecule has 5 heteroatoms. The lowest BCUT2D eigenvalue weighted by Crippen LogP contribution is -2.49. The maximum Gasteiger partial charge on any atom is 0.236 e. The Kier molecular flexibility index (Phi) is 4.87. The van der Waals surface area contributed by atoms with Crippen molar-refractivity contribution in [1.29, 1.82) is 0 Å². The average molecular weight is 262 g/mol. The molecule has 0 spiro atoms. The summed E-state index contributed by atoms with van der Waals surface area (Å²) in [6, 6.07) is 4.07. The molecule has 1 aromatic heterocycles. The molecule has 0 aliphatic carbocycles. The number of pyridine rings is 1. The van der Waals surface area contributed by atoms with E-state index in [4.69, 9.17) is 0 Å². The Labute approximate surface area is 114 Å². The predicted molar refractivity (Wildman–Crippen MR) is 74.7 cm³/mol. The van der Waals surface area contributed by atoms with Crippen LogP contribution in [0.4, 0.5) is 0 Å². The van der Waals surface area contributed by atoms with Gasteiger partial charge in [-0.1, -0.05) is 6.07 Å². The van der Waals surface area contributed by atoms with Crippen LogP contribution in [-0.2, 0) is 4.79 Å². The molecule has 1 N–H and O–H groups in total. The highest BCUT2D eigenvalue weighted by Gasteiger charge is 2.19. The Bertz CT molecular complexity index is 401. The second-order valence-electron chi connectivity index (χ2n) is 5.07. The zero-order chi connectivity index (χ0) is 13.7. The van der Waals surface area contributed by atoms with E-state index in [1.165, 1.54) is 0 Å². The van der Waals surface area contributed by atoms with Gasteiger partial charge < -0.3 is 15.1 Å². The SMILES string of the molecule is C[C@@H](NCC(=O)N1CCN(C)CC1)c1cccnc1. The summed E-state index contributed by atoms with van der Waals surface area (Å²) >= 11 is 0. The topological polar surface area (TPSA) is 48.5 Å². The summed E-state index contributed by atoms with van der Waals surface area (Å²) in [6.45, 7) is 6.03. The molecule has 1 fully saturated rings. The minimum absolute atomic E-state index is 0.144. The molecule has 0 radical (unpaired) electrons. The molecule has 5 nitrogen and oxygen atoms in total. The van der Waals surface area contributed by atoms with Crippen molar-refractivity contribution in [3.63, 3.8) is 0 Å². The molecule has 2 heterocycles. The van der Waals surface area contributed by atoms with Gasteiger partial charge in [0.2, 0.25) is 5.91 Å². The minimum atomic E-state index is 0.144. The van der Waals surface area contributed by atoms with Crippen molar-refractivity contribution >= 4 is 5.91 Å². The van der Waals surface area contributed by atoms with Gasteiger partial charge in [0.25, 0.3) is 0 Å². The molecule has 1 saturated heterocycles. The van der Waals surface area contributed by atoms with Crippen LogP contribution in [0.2, 0.25) is 0 Å². The van der Waals surface area contributed by atoms with Crippen LogP contribution in [0.3, 0.4) is 0 Å². The Morgan fingerprint density at radius 2 is 2.16 bits per heavy atom. The Morgan fingerprint density at radius 3 is 2.79 bits per heavy atom. The number of amides is 1. The summed E-state index contributed by atoms with van der Waals surface area (Å²) < 4.78 is 0. The zero-order valence-electron chi connectivity index (χ0n) is 11.7. The third kappa shape index (κ3) is 4.01. The summed E-state index contributed by atoms with van der Waals surface area (Å²) in [6.07, 6.45) is 3.59. The molecule has 1 aromatic rings. The van der Waals surface area contributed by atoms with E-state index < -0.39 is 0 Å². The van der Waals surface area contributed by atoms with Gasteiger partial charge in [0.05, 0.1) is 6.54 Å². The summed E-state index contributed by atoms with van der Waals surface area (Å²) in [5.41, 5.74) is 1.11. The van der Waals surface area contributed by atoms with E-state index in [1.54, 1.807) is 6.20 Å². The summed E-state index contributed by atoms with van der Waals surface area (Å²) in [4.78, 5) is 20.3. The Hall–Kier alpha value is -1.46. The normalized spacial score (nSPS) is 18.3. The van der Waals surface area contributed by atoms with Crippen LogP contribution >= 0.6 is 0 Å². The van der Waals surface area contributed by atoms with Crippen molar-refractivity contribution in [2.24, 2.45) is 0 Å². The molecular formula is C14H22N4O. The number of hydrogen-bond donors (Lipinski definition) is 1. The zero-order valence-corrected chi connectivity index (χ0v) is 11.7. The van der Waals surface area contributed by atoms with Crippen LogP contribution in [-0.4, -0.2) is 60.5 Å². The fraction of sp³-hybridized carbons (Fsp3) is 0.571. The van der Waals surface area contributed by atoms with E-state index in [9.17, 15) is 4.79 Å². The molecular weight excluding hydrogens is 240 g/mol. The molecule has 104 valence electrons. The van der Waals surface area contributed by atoms with Crippen molar-refractivity contribution in [1.82, 2.24) is 20.1 Å². The lowest BCUT2D eigenvalue weighted by molar-refractivity contribution is -0.131. The van der Waals surface area contributed by atoms with E-state index in [0.29, 0.717) is 6.54 Å². The smallest absolute Gasteiger partial charge is 0.236 e. The average Bonchev–Trinajstić information content (AvgIpc) is 2.46. The van der Waals surface area contributed by atoms with Gasteiger partial charge in [0.1, 0.15) is 0 Å². The summed E-state index contributed by atoms with van der Waals surface area (Å²) in [5.74, 6) is 0.184. The first-order valence-electron chi connectivity index (χ1n) is 6.76. The van der Waals surface area contributed by atoms with Gasteiger partial charge in [0.15, 0.2) is 0 Å². The minimum Gasteiger partial charge on any atom is -0.339 e. The molecule has 1 aliphatic heterocycles. The number of aromatic nitrogens is 1. The van der Waals surface area contributed by atoms with Crippen LogP contribution in [0.15, 0.2) is 24.5 Å². The number of rotatable bonds is 4. The third-order valence-electron chi connectivity index (χ3n) is 3.60. The van der Waals surface area contributed by atoms with Crippen LogP contribution in [0, 0.1) is 0 Å². The van der Waals surface area contributed by atoms with Crippen LogP contribution in [0.25, 0.3) is 0 Å². The van der Waals surface area contributed by atoms with E-state index in [1.807, 2.05) is 30.2 Å². The predicted octanol–water partition coefficient (Wildman–Crippen LogP) is 0.506. The van der Waals surface area contributed by atoms with Gasteiger partial charge in [-0.25, -0.2) is 0 Å². The van der Waals surface area contributed by atoms with Gasteiger partial charge in [-0.3, -0.25) is 9.78 Å². The van der Waals surface area contributed by atoms with E-state index >= 15 is 0 Å². The van der Waals surface area contributed by atoms with Gasteiger partial charge in [0, 0.05) is 44.6 Å². The molecule has 0 aromatic carbocycles. The standard InChI is InChI=1S/C14H22N4O/c1-12(13-4-3-5-15-10-13)16-11-14(19)18-8-6-17(2)7-9-18/h3-5,10,12,16H,6-9,11H2,1-2H3/t12-/m1/s1. The van der Waals surface area contributed by atoms with Gasteiger partial charge in [-0.05, 0) is 25.6 Å². The molecule has 0 bridgehead atoms. The molecule has 1 aliphatic rings. The number of hydrogen-bond acceptors (Lipinski definition) is 4. The van der Waals surface area contributed by atoms with Crippen molar-refractivity contribution in [2.75, 3.05) is 39.8 Å². The Morgan fingerprint density at radius 1 is 1.42 bits per heavy atom. The highest BCUT2D eigenvalue weighted by atomic mass is 16.2. The van der Waals surface area contributed by atoms with Gasteiger partial charge in [-0.15, -0.1) is 0 Å². The van der Waals surface area contributed by atoms with Crippen LogP contribution in [0.1, 0.15) is 18.5 Å². The van der Waals surface area contributed by atoms with Crippen molar-refractivity contribution in [2.45, 2.75) is 13.0 Å².